The van der Waals surface area contributed by atoms with Gasteiger partial charge in [0.1, 0.15) is 17.9 Å². The molecule has 1 saturated heterocycles. The van der Waals surface area contributed by atoms with Gasteiger partial charge in [-0.1, -0.05) is 68.7 Å². The van der Waals surface area contributed by atoms with Crippen molar-refractivity contribution >= 4 is 27.7 Å². The molecule has 0 aromatic heterocycles. The van der Waals surface area contributed by atoms with Gasteiger partial charge in [-0.05, 0) is 42.5 Å². The van der Waals surface area contributed by atoms with Crippen LogP contribution < -0.4 is 5.32 Å². The first-order chi connectivity index (χ1) is 17.7. The number of benzene rings is 2. The van der Waals surface area contributed by atoms with Crippen molar-refractivity contribution in [1.82, 2.24) is 9.62 Å². The minimum Gasteiger partial charge on any atom is -0.480 e. The summed E-state index contributed by atoms with van der Waals surface area (Å²) in [5.74, 6) is -1.63. The number of Topliss-reactive ketones (excluding diaryl/α,β-unsaturated/α-hetero) is 1. The lowest BCUT2D eigenvalue weighted by molar-refractivity contribution is -0.142. The molecule has 2 atom stereocenters. The number of nitrogens with one attached hydrogen (secondary N) is 1. The Balaban J connectivity index is 1.60. The number of amides is 1. The summed E-state index contributed by atoms with van der Waals surface area (Å²) in [5.41, 5.74) is 1.57. The predicted octanol–water partition coefficient (Wildman–Crippen LogP) is 3.73. The highest BCUT2D eigenvalue weighted by molar-refractivity contribution is 7.89. The lowest BCUT2D eigenvalue weighted by atomic mass is 10.00. The van der Waals surface area contributed by atoms with Crippen LogP contribution in [0.1, 0.15) is 63.0 Å². The molecule has 37 heavy (non-hydrogen) atoms. The second-order valence-corrected chi connectivity index (χ2v) is 11.4. The van der Waals surface area contributed by atoms with E-state index in [0.717, 1.165) is 35.6 Å². The predicted molar refractivity (Wildman–Crippen MR) is 141 cm³/mol. The lowest BCUT2D eigenvalue weighted by Gasteiger charge is -2.25. The molecule has 2 N–H and O–H groups in total. The van der Waals surface area contributed by atoms with Crippen LogP contribution in [0, 0.1) is 0 Å². The SMILES string of the molecule is CCCCCCC(=O)Cc1ccc(CC(NC(=O)C2CCCN2S(=O)(=O)c2ccccc2)C(=O)O)cc1. The Morgan fingerprint density at radius 2 is 1.68 bits per heavy atom. The van der Waals surface area contributed by atoms with Gasteiger partial charge in [0.15, 0.2) is 0 Å². The van der Waals surface area contributed by atoms with E-state index in [0.29, 0.717) is 31.2 Å². The van der Waals surface area contributed by atoms with E-state index in [4.69, 9.17) is 0 Å². The second kappa shape index (κ2) is 13.5. The van der Waals surface area contributed by atoms with E-state index in [1.54, 1.807) is 30.3 Å². The molecule has 1 aliphatic heterocycles. The third-order valence-electron chi connectivity index (χ3n) is 6.64. The molecule has 1 amide bonds. The number of aliphatic carboxylic acids is 1. The van der Waals surface area contributed by atoms with Crippen LogP contribution in [-0.4, -0.2) is 54.1 Å². The van der Waals surface area contributed by atoms with Crippen LogP contribution in [0.2, 0.25) is 0 Å². The van der Waals surface area contributed by atoms with E-state index in [9.17, 15) is 27.9 Å². The van der Waals surface area contributed by atoms with Crippen LogP contribution in [0.15, 0.2) is 59.5 Å². The molecule has 8 nitrogen and oxygen atoms in total. The fraction of sp³-hybridized carbons (Fsp3) is 0.464. The van der Waals surface area contributed by atoms with Gasteiger partial charge in [-0.25, -0.2) is 13.2 Å². The maximum Gasteiger partial charge on any atom is 0.326 e. The molecule has 0 spiro atoms. The number of ketones is 1. The summed E-state index contributed by atoms with van der Waals surface area (Å²) < 4.78 is 27.3. The Labute approximate surface area is 219 Å². The van der Waals surface area contributed by atoms with Crippen molar-refractivity contribution in [3.05, 3.63) is 65.7 Å². The highest BCUT2D eigenvalue weighted by Gasteiger charge is 2.40. The molecule has 9 heteroatoms. The molecular formula is C28H36N2O6S. The first-order valence-corrected chi connectivity index (χ1v) is 14.4. The lowest BCUT2D eigenvalue weighted by Crippen LogP contribution is -2.51. The minimum absolute atomic E-state index is 0.0461. The quantitative estimate of drug-likeness (QED) is 0.361. The summed E-state index contributed by atoms with van der Waals surface area (Å²) in [6.07, 6.45) is 6.00. The van der Waals surface area contributed by atoms with Crippen molar-refractivity contribution < 1.29 is 27.9 Å². The van der Waals surface area contributed by atoms with Crippen molar-refractivity contribution in [3.63, 3.8) is 0 Å². The first kappa shape index (κ1) is 28.5. The fourth-order valence-corrected chi connectivity index (χ4v) is 6.26. The molecule has 1 heterocycles. The summed E-state index contributed by atoms with van der Waals surface area (Å²) in [4.78, 5) is 37.2. The van der Waals surface area contributed by atoms with E-state index in [2.05, 4.69) is 12.2 Å². The molecule has 0 bridgehead atoms. The molecule has 3 rings (SSSR count). The number of hydrogen-bond acceptors (Lipinski definition) is 5. The normalized spacial score (nSPS) is 16.8. The van der Waals surface area contributed by atoms with Crippen LogP contribution in [0.3, 0.4) is 0 Å². The zero-order valence-corrected chi connectivity index (χ0v) is 22.1. The number of hydrogen-bond donors (Lipinski definition) is 2. The summed E-state index contributed by atoms with van der Waals surface area (Å²) in [7, 11) is -3.87. The van der Waals surface area contributed by atoms with Gasteiger partial charge in [-0.2, -0.15) is 4.31 Å². The van der Waals surface area contributed by atoms with E-state index < -0.39 is 34.0 Å². The Hall–Kier alpha value is -3.04. The average molecular weight is 529 g/mol. The number of unbranched alkanes of at least 4 members (excludes halogenated alkanes) is 3. The number of carboxylic acids is 1. The zero-order valence-electron chi connectivity index (χ0n) is 21.3. The third-order valence-corrected chi connectivity index (χ3v) is 8.57. The van der Waals surface area contributed by atoms with Gasteiger partial charge in [0.05, 0.1) is 4.90 Å². The summed E-state index contributed by atoms with van der Waals surface area (Å²) in [6.45, 7) is 2.33. The average Bonchev–Trinajstić information content (AvgIpc) is 3.39. The van der Waals surface area contributed by atoms with Crippen molar-refractivity contribution in [3.8, 4) is 0 Å². The number of carbonyl (C=O) groups is 3. The van der Waals surface area contributed by atoms with Crippen molar-refractivity contribution in [1.29, 1.82) is 0 Å². The Morgan fingerprint density at radius 1 is 1.00 bits per heavy atom. The Kier molecular flexibility index (Phi) is 10.4. The molecule has 0 aliphatic carbocycles. The van der Waals surface area contributed by atoms with Crippen LogP contribution in [0.4, 0.5) is 0 Å². The smallest absolute Gasteiger partial charge is 0.326 e. The monoisotopic (exact) mass is 528 g/mol. The first-order valence-electron chi connectivity index (χ1n) is 12.9. The number of sulfonamides is 1. The third kappa shape index (κ3) is 7.97. The minimum atomic E-state index is -3.87. The van der Waals surface area contributed by atoms with Gasteiger partial charge in [0.2, 0.25) is 15.9 Å². The zero-order chi connectivity index (χ0) is 26.8. The molecule has 2 aromatic carbocycles. The molecule has 1 fully saturated rings. The van der Waals surface area contributed by atoms with Crippen molar-refractivity contribution in [2.45, 2.75) is 81.7 Å². The summed E-state index contributed by atoms with van der Waals surface area (Å²) >= 11 is 0. The van der Waals surface area contributed by atoms with E-state index in [-0.39, 0.29) is 23.6 Å². The molecule has 0 saturated carbocycles. The number of carbonyl (C=O) groups excluding carboxylic acids is 2. The molecule has 1 aliphatic rings. The number of rotatable bonds is 14. The molecule has 200 valence electrons. The molecule has 2 unspecified atom stereocenters. The van der Waals surface area contributed by atoms with Gasteiger partial charge in [0, 0.05) is 25.8 Å². The van der Waals surface area contributed by atoms with Crippen molar-refractivity contribution in [2.75, 3.05) is 6.54 Å². The Morgan fingerprint density at radius 3 is 2.32 bits per heavy atom. The number of nitrogens with zero attached hydrogens (tertiary/aromatic N) is 1. The van der Waals surface area contributed by atoms with Crippen LogP contribution >= 0.6 is 0 Å². The highest BCUT2D eigenvalue weighted by atomic mass is 32.2. The number of carboxylic acid groups (broad SMARTS) is 1. The maximum absolute atomic E-state index is 13.1. The van der Waals surface area contributed by atoms with E-state index >= 15 is 0 Å². The van der Waals surface area contributed by atoms with Crippen molar-refractivity contribution in [2.24, 2.45) is 0 Å². The molecule has 0 radical (unpaired) electrons. The highest BCUT2D eigenvalue weighted by Crippen LogP contribution is 2.26. The largest absolute Gasteiger partial charge is 0.480 e. The van der Waals surface area contributed by atoms with Gasteiger partial charge in [-0.3, -0.25) is 9.59 Å². The topological polar surface area (TPSA) is 121 Å². The van der Waals surface area contributed by atoms with E-state index in [1.807, 2.05) is 12.1 Å². The molecular weight excluding hydrogens is 492 g/mol. The van der Waals surface area contributed by atoms with Gasteiger partial charge in [-0.15, -0.1) is 0 Å². The fourth-order valence-electron chi connectivity index (χ4n) is 4.58. The standard InChI is InChI=1S/C28H36N2O6S/c1-2-3-4-6-10-23(31)19-21-14-16-22(17-15-21)20-25(28(33)34)29-27(32)26-13-9-18-30(26)37(35,36)24-11-7-5-8-12-24/h5,7-8,11-12,14-17,25-26H,2-4,6,9-10,13,18-20H2,1H3,(H,29,32)(H,33,34). The van der Waals surface area contributed by atoms with Gasteiger partial charge >= 0.3 is 5.97 Å². The second-order valence-electron chi connectivity index (χ2n) is 9.53. The van der Waals surface area contributed by atoms with Crippen LogP contribution in [0.5, 0.6) is 0 Å². The van der Waals surface area contributed by atoms with Gasteiger partial charge < -0.3 is 10.4 Å². The summed E-state index contributed by atoms with van der Waals surface area (Å²) in [5, 5.41) is 12.3. The molecule has 2 aromatic rings. The summed E-state index contributed by atoms with van der Waals surface area (Å²) in [6, 6.07) is 12.9. The van der Waals surface area contributed by atoms with Gasteiger partial charge in [0.25, 0.3) is 0 Å². The van der Waals surface area contributed by atoms with Crippen LogP contribution in [-0.2, 0) is 37.2 Å². The van der Waals surface area contributed by atoms with Crippen LogP contribution in [0.25, 0.3) is 0 Å². The Bertz CT molecular complexity index is 1160. The maximum atomic E-state index is 13.1. The van der Waals surface area contributed by atoms with E-state index in [1.165, 1.54) is 12.1 Å².